The van der Waals surface area contributed by atoms with E-state index in [1.54, 1.807) is 0 Å². The van der Waals surface area contributed by atoms with Crippen LogP contribution in [0.4, 0.5) is 0 Å². The van der Waals surface area contributed by atoms with Gasteiger partial charge in [0.25, 0.3) is 0 Å². The van der Waals surface area contributed by atoms with Gasteiger partial charge in [0.1, 0.15) is 0 Å². The summed E-state index contributed by atoms with van der Waals surface area (Å²) >= 11 is 1.81. The maximum absolute atomic E-state index is 6.10. The molecule has 1 aromatic rings. The maximum Gasteiger partial charge on any atom is 0.00897 e. The van der Waals surface area contributed by atoms with Crippen molar-refractivity contribution in [3.05, 3.63) is 22.4 Å². The number of thiophene rings is 1. The molecule has 2 unspecified atom stereocenters. The van der Waals surface area contributed by atoms with Gasteiger partial charge in [0, 0.05) is 10.9 Å². The van der Waals surface area contributed by atoms with Crippen LogP contribution >= 0.6 is 11.3 Å². The lowest BCUT2D eigenvalue weighted by Crippen LogP contribution is -2.24. The fourth-order valence-corrected chi connectivity index (χ4v) is 2.70. The molecular formula is C12H21NS. The molecule has 0 aliphatic heterocycles. The molecule has 0 bridgehead atoms. The van der Waals surface area contributed by atoms with Gasteiger partial charge in [0.2, 0.25) is 0 Å². The van der Waals surface area contributed by atoms with Crippen LogP contribution in [0.1, 0.15) is 38.0 Å². The van der Waals surface area contributed by atoms with E-state index < -0.39 is 0 Å². The molecule has 80 valence electrons. The van der Waals surface area contributed by atoms with Crippen LogP contribution < -0.4 is 5.73 Å². The van der Waals surface area contributed by atoms with Crippen molar-refractivity contribution in [3.8, 4) is 0 Å². The lowest BCUT2D eigenvalue weighted by Gasteiger charge is -2.15. The van der Waals surface area contributed by atoms with Crippen LogP contribution in [-0.4, -0.2) is 6.04 Å². The van der Waals surface area contributed by atoms with E-state index in [9.17, 15) is 0 Å². The van der Waals surface area contributed by atoms with E-state index in [-0.39, 0.29) is 0 Å². The summed E-state index contributed by atoms with van der Waals surface area (Å²) in [4.78, 5) is 1.42. The van der Waals surface area contributed by atoms with Crippen molar-refractivity contribution in [2.24, 2.45) is 11.7 Å². The molecule has 0 spiro atoms. The van der Waals surface area contributed by atoms with Crippen LogP contribution in [0.2, 0.25) is 0 Å². The molecule has 0 radical (unpaired) electrons. The second kappa shape index (κ2) is 6.20. The molecule has 0 saturated carbocycles. The van der Waals surface area contributed by atoms with Gasteiger partial charge in [-0.2, -0.15) is 0 Å². The number of nitrogens with two attached hydrogens (primary N) is 1. The predicted molar refractivity (Wildman–Crippen MR) is 64.7 cm³/mol. The molecule has 0 aliphatic carbocycles. The molecule has 14 heavy (non-hydrogen) atoms. The Balaban J connectivity index is 2.25. The quantitative estimate of drug-likeness (QED) is 0.766. The second-order valence-corrected chi connectivity index (χ2v) is 5.21. The van der Waals surface area contributed by atoms with E-state index >= 15 is 0 Å². The molecule has 2 atom stereocenters. The molecule has 1 heterocycles. The largest absolute Gasteiger partial charge is 0.327 e. The molecule has 1 nitrogen and oxygen atoms in total. The van der Waals surface area contributed by atoms with E-state index in [2.05, 4.69) is 31.4 Å². The summed E-state index contributed by atoms with van der Waals surface area (Å²) in [5.74, 6) is 0.773. The van der Waals surface area contributed by atoms with Crippen LogP contribution in [0.3, 0.4) is 0 Å². The van der Waals surface area contributed by atoms with Gasteiger partial charge < -0.3 is 5.73 Å². The van der Waals surface area contributed by atoms with Crippen molar-refractivity contribution in [2.75, 3.05) is 0 Å². The first-order valence-corrected chi connectivity index (χ1v) is 6.38. The Hall–Kier alpha value is -0.340. The SMILES string of the molecule is CCCC(C)CC(N)Cc1cccs1. The average molecular weight is 211 g/mol. The fraction of sp³-hybridized carbons (Fsp3) is 0.667. The maximum atomic E-state index is 6.10. The standard InChI is InChI=1S/C12H21NS/c1-3-5-10(2)8-11(13)9-12-6-4-7-14-12/h4,6-7,10-11H,3,5,8-9,13H2,1-2H3. The molecule has 1 rings (SSSR count). The third kappa shape index (κ3) is 4.25. The van der Waals surface area contributed by atoms with E-state index in [0.29, 0.717) is 6.04 Å². The molecule has 2 heteroatoms. The van der Waals surface area contributed by atoms with E-state index in [1.165, 1.54) is 17.7 Å². The zero-order valence-electron chi connectivity index (χ0n) is 9.20. The van der Waals surface area contributed by atoms with Gasteiger partial charge in [-0.25, -0.2) is 0 Å². The van der Waals surface area contributed by atoms with Crippen molar-refractivity contribution in [2.45, 2.75) is 45.6 Å². The molecule has 0 amide bonds. The van der Waals surface area contributed by atoms with Gasteiger partial charge in [0.05, 0.1) is 0 Å². The minimum atomic E-state index is 0.343. The van der Waals surface area contributed by atoms with Gasteiger partial charge in [-0.1, -0.05) is 32.8 Å². The highest BCUT2D eigenvalue weighted by Crippen LogP contribution is 2.16. The highest BCUT2D eigenvalue weighted by molar-refractivity contribution is 7.09. The predicted octanol–water partition coefficient (Wildman–Crippen LogP) is 3.44. The Morgan fingerprint density at radius 1 is 1.50 bits per heavy atom. The van der Waals surface area contributed by atoms with Crippen molar-refractivity contribution in [1.29, 1.82) is 0 Å². The Kier molecular flexibility index (Phi) is 5.20. The molecular weight excluding hydrogens is 190 g/mol. The lowest BCUT2D eigenvalue weighted by atomic mass is 9.96. The topological polar surface area (TPSA) is 26.0 Å². The normalized spacial score (nSPS) is 15.4. The number of rotatable bonds is 6. The molecule has 0 aromatic carbocycles. The summed E-state index contributed by atoms with van der Waals surface area (Å²) in [6.45, 7) is 4.54. The van der Waals surface area contributed by atoms with E-state index in [1.807, 2.05) is 11.3 Å². The van der Waals surface area contributed by atoms with Crippen LogP contribution in [-0.2, 0) is 6.42 Å². The summed E-state index contributed by atoms with van der Waals surface area (Å²) in [6, 6.07) is 4.62. The van der Waals surface area contributed by atoms with Gasteiger partial charge in [-0.3, -0.25) is 0 Å². The zero-order chi connectivity index (χ0) is 10.4. The van der Waals surface area contributed by atoms with Gasteiger partial charge >= 0.3 is 0 Å². The zero-order valence-corrected chi connectivity index (χ0v) is 10.0. The minimum absolute atomic E-state index is 0.343. The third-order valence-electron chi connectivity index (χ3n) is 2.53. The summed E-state index contributed by atoms with van der Waals surface area (Å²) in [5.41, 5.74) is 6.10. The molecule has 0 aliphatic rings. The van der Waals surface area contributed by atoms with E-state index in [4.69, 9.17) is 5.73 Å². The minimum Gasteiger partial charge on any atom is -0.327 e. The fourth-order valence-electron chi connectivity index (χ4n) is 1.90. The lowest BCUT2D eigenvalue weighted by molar-refractivity contribution is 0.432. The smallest absolute Gasteiger partial charge is 0.00897 e. The summed E-state index contributed by atoms with van der Waals surface area (Å²) < 4.78 is 0. The first-order valence-electron chi connectivity index (χ1n) is 5.50. The monoisotopic (exact) mass is 211 g/mol. The van der Waals surface area contributed by atoms with Crippen LogP contribution in [0.15, 0.2) is 17.5 Å². The van der Waals surface area contributed by atoms with Crippen molar-refractivity contribution < 1.29 is 0 Å². The van der Waals surface area contributed by atoms with Crippen molar-refractivity contribution in [1.82, 2.24) is 0 Å². The van der Waals surface area contributed by atoms with Gasteiger partial charge in [-0.15, -0.1) is 11.3 Å². The molecule has 2 N–H and O–H groups in total. The van der Waals surface area contributed by atoms with E-state index in [0.717, 1.165) is 18.8 Å². The number of hydrogen-bond donors (Lipinski definition) is 1. The van der Waals surface area contributed by atoms with Crippen LogP contribution in [0.5, 0.6) is 0 Å². The van der Waals surface area contributed by atoms with Crippen molar-refractivity contribution in [3.63, 3.8) is 0 Å². The van der Waals surface area contributed by atoms with Crippen molar-refractivity contribution >= 4 is 11.3 Å². The third-order valence-corrected chi connectivity index (χ3v) is 3.43. The van der Waals surface area contributed by atoms with Gasteiger partial charge in [-0.05, 0) is 30.2 Å². The Labute approximate surface area is 91.3 Å². The van der Waals surface area contributed by atoms with Crippen LogP contribution in [0.25, 0.3) is 0 Å². The molecule has 0 saturated heterocycles. The first-order chi connectivity index (χ1) is 6.72. The highest BCUT2D eigenvalue weighted by Gasteiger charge is 2.09. The summed E-state index contributed by atoms with van der Waals surface area (Å²) in [5, 5.41) is 2.12. The number of hydrogen-bond acceptors (Lipinski definition) is 2. The second-order valence-electron chi connectivity index (χ2n) is 4.17. The highest BCUT2D eigenvalue weighted by atomic mass is 32.1. The molecule has 0 fully saturated rings. The first kappa shape index (κ1) is 11.7. The van der Waals surface area contributed by atoms with Crippen LogP contribution in [0, 0.1) is 5.92 Å². The Morgan fingerprint density at radius 2 is 2.29 bits per heavy atom. The summed E-state index contributed by atoms with van der Waals surface area (Å²) in [6.07, 6.45) is 4.78. The molecule has 1 aromatic heterocycles. The summed E-state index contributed by atoms with van der Waals surface area (Å²) in [7, 11) is 0. The average Bonchev–Trinajstić information content (AvgIpc) is 2.56. The Bertz CT molecular complexity index is 230. The van der Waals surface area contributed by atoms with Gasteiger partial charge in [0.15, 0.2) is 0 Å². The Morgan fingerprint density at radius 3 is 2.86 bits per heavy atom.